The van der Waals surface area contributed by atoms with Gasteiger partial charge in [-0.15, -0.1) is 0 Å². The van der Waals surface area contributed by atoms with Crippen molar-refractivity contribution in [3.63, 3.8) is 0 Å². The molecule has 4 rings (SSSR count). The van der Waals surface area contributed by atoms with Gasteiger partial charge in [-0.1, -0.05) is 11.6 Å². The Morgan fingerprint density at radius 2 is 2.00 bits per heavy atom. The summed E-state index contributed by atoms with van der Waals surface area (Å²) in [7, 11) is 1.90. The third-order valence-corrected chi connectivity index (χ3v) is 5.02. The van der Waals surface area contributed by atoms with Crippen LogP contribution in [0.5, 0.6) is 5.75 Å². The Hall–Kier alpha value is -2.57. The van der Waals surface area contributed by atoms with Crippen LogP contribution < -0.4 is 5.32 Å². The molecule has 25 heavy (non-hydrogen) atoms. The fourth-order valence-corrected chi connectivity index (χ4v) is 3.64. The van der Waals surface area contributed by atoms with E-state index in [0.717, 1.165) is 16.6 Å². The number of nitrogens with two attached hydrogens (primary N) is 1. The Morgan fingerprint density at radius 1 is 1.24 bits per heavy atom. The number of aromatic nitrogens is 1. The van der Waals surface area contributed by atoms with E-state index in [9.17, 15) is 14.7 Å². The number of hydrogen-bond donors (Lipinski definition) is 3. The van der Waals surface area contributed by atoms with E-state index in [0.29, 0.717) is 35.0 Å². The van der Waals surface area contributed by atoms with E-state index in [1.165, 1.54) is 11.0 Å². The molecule has 6 nitrogen and oxygen atoms in total. The molecule has 0 aliphatic carbocycles. The van der Waals surface area contributed by atoms with Crippen LogP contribution in [0.2, 0.25) is 5.02 Å². The number of aryl methyl sites for hydroxylation is 1. The van der Waals surface area contributed by atoms with Crippen molar-refractivity contribution in [3.05, 3.63) is 39.9 Å². The number of phenolic OH excluding ortho intramolecular Hbond substituents is 1. The molecule has 0 fully saturated rings. The highest BCUT2D eigenvalue weighted by Gasteiger charge is 2.38. The first-order valence-electron chi connectivity index (χ1n) is 8.05. The number of aromatic hydroxyl groups is 1. The highest BCUT2D eigenvalue weighted by Crippen LogP contribution is 2.39. The number of amides is 2. The van der Waals surface area contributed by atoms with E-state index in [4.69, 9.17) is 11.6 Å². The first kappa shape index (κ1) is 15.9. The van der Waals surface area contributed by atoms with Crippen LogP contribution in [-0.2, 0) is 0 Å². The van der Waals surface area contributed by atoms with Gasteiger partial charge in [0.05, 0.1) is 41.8 Å². The van der Waals surface area contributed by atoms with Crippen molar-refractivity contribution >= 4 is 45.2 Å². The molecule has 2 aromatic carbocycles. The number of hydrogen-bond acceptors (Lipinski definition) is 3. The second kappa shape index (κ2) is 5.47. The van der Waals surface area contributed by atoms with Crippen molar-refractivity contribution in [2.45, 2.75) is 6.92 Å². The molecule has 0 radical (unpaired) electrons. The average Bonchev–Trinajstić information content (AvgIpc) is 3.04. The van der Waals surface area contributed by atoms with E-state index < -0.39 is 0 Å². The van der Waals surface area contributed by atoms with Gasteiger partial charge in [0.25, 0.3) is 11.8 Å². The Balaban J connectivity index is 2.05. The van der Waals surface area contributed by atoms with Gasteiger partial charge in [-0.25, -0.2) is 0 Å². The number of benzene rings is 2. The van der Waals surface area contributed by atoms with E-state index in [1.807, 2.05) is 19.3 Å². The predicted molar refractivity (Wildman–Crippen MR) is 95.3 cm³/mol. The van der Waals surface area contributed by atoms with Gasteiger partial charge >= 0.3 is 0 Å². The number of quaternary nitrogens is 1. The number of halogens is 1. The van der Waals surface area contributed by atoms with Crippen LogP contribution in [0.4, 0.5) is 0 Å². The third-order valence-electron chi connectivity index (χ3n) is 4.72. The first-order chi connectivity index (χ1) is 11.9. The predicted octanol–water partition coefficient (Wildman–Crippen LogP) is 1.78. The van der Waals surface area contributed by atoms with Gasteiger partial charge in [-0.05, 0) is 30.7 Å². The number of phenols is 1. The zero-order chi connectivity index (χ0) is 17.9. The molecular formula is C18H17ClN3O3+. The van der Waals surface area contributed by atoms with Crippen LogP contribution in [0.1, 0.15) is 26.3 Å². The van der Waals surface area contributed by atoms with Crippen LogP contribution >= 0.6 is 11.6 Å². The quantitative estimate of drug-likeness (QED) is 0.623. The summed E-state index contributed by atoms with van der Waals surface area (Å²) in [5, 5.41) is 13.5. The number of nitrogens with one attached hydrogen (secondary N) is 1. The van der Waals surface area contributed by atoms with Crippen LogP contribution in [0, 0.1) is 6.92 Å². The summed E-state index contributed by atoms with van der Waals surface area (Å²) in [6, 6.07) is 4.92. The standard InChI is InChI=1S/C18H16ClN3O3/c1-8-5-10-15(18(25)22(17(10)24)4-3-20-2)14-9-6-13(23)11(19)7-12(9)21-16(8)14/h5-7,20-21,23H,3-4H2,1-2H3/p+1. The number of carbonyl (C=O) groups excluding carboxylic acids is 2. The van der Waals surface area contributed by atoms with Crippen LogP contribution in [0.15, 0.2) is 18.2 Å². The Bertz CT molecular complexity index is 1070. The minimum atomic E-state index is -0.290. The number of H-pyrrole nitrogens is 1. The molecule has 0 atom stereocenters. The Kier molecular flexibility index (Phi) is 3.49. The van der Waals surface area contributed by atoms with E-state index in [-0.39, 0.29) is 22.6 Å². The van der Waals surface area contributed by atoms with Gasteiger partial charge < -0.3 is 15.4 Å². The monoisotopic (exact) mass is 358 g/mol. The summed E-state index contributed by atoms with van der Waals surface area (Å²) in [4.78, 5) is 30.2. The van der Waals surface area contributed by atoms with Crippen molar-refractivity contribution in [1.82, 2.24) is 9.88 Å². The lowest BCUT2D eigenvalue weighted by Gasteiger charge is -2.11. The molecule has 1 aromatic heterocycles. The molecule has 0 spiro atoms. The molecule has 0 saturated heterocycles. The summed E-state index contributed by atoms with van der Waals surface area (Å²) < 4.78 is 0. The Morgan fingerprint density at radius 3 is 2.72 bits per heavy atom. The molecule has 0 bridgehead atoms. The smallest absolute Gasteiger partial charge is 0.262 e. The van der Waals surface area contributed by atoms with Gasteiger partial charge in [-0.3, -0.25) is 14.5 Å². The maximum Gasteiger partial charge on any atom is 0.262 e. The molecule has 1 aliphatic heterocycles. The number of fused-ring (bicyclic) bond motifs is 5. The summed E-state index contributed by atoms with van der Waals surface area (Å²) in [5.41, 5.74) is 3.18. The molecule has 0 unspecified atom stereocenters. The number of aromatic amines is 1. The van der Waals surface area contributed by atoms with Crippen molar-refractivity contribution in [2.24, 2.45) is 0 Å². The molecule has 2 amide bonds. The molecule has 7 heteroatoms. The molecule has 128 valence electrons. The summed E-state index contributed by atoms with van der Waals surface area (Å²) in [6.45, 7) is 2.90. The minimum Gasteiger partial charge on any atom is -0.506 e. The fourth-order valence-electron chi connectivity index (χ4n) is 3.48. The van der Waals surface area contributed by atoms with Crippen LogP contribution in [-0.4, -0.2) is 46.9 Å². The van der Waals surface area contributed by atoms with Crippen molar-refractivity contribution in [2.75, 3.05) is 20.1 Å². The van der Waals surface area contributed by atoms with Crippen molar-refractivity contribution in [1.29, 1.82) is 0 Å². The van der Waals surface area contributed by atoms with Gasteiger partial charge in [0.2, 0.25) is 0 Å². The molecule has 4 N–H and O–H groups in total. The molecule has 3 aromatic rings. The summed E-state index contributed by atoms with van der Waals surface area (Å²) in [6.07, 6.45) is 0. The summed E-state index contributed by atoms with van der Waals surface area (Å²) >= 11 is 6.00. The maximum absolute atomic E-state index is 12.9. The number of rotatable bonds is 3. The van der Waals surface area contributed by atoms with Gasteiger partial charge in [-0.2, -0.15) is 0 Å². The van der Waals surface area contributed by atoms with Gasteiger partial charge in [0.15, 0.2) is 0 Å². The minimum absolute atomic E-state index is 0.0560. The van der Waals surface area contributed by atoms with Crippen LogP contribution in [0.3, 0.4) is 0 Å². The second-order valence-electron chi connectivity index (χ2n) is 6.30. The number of imide groups is 1. The van der Waals surface area contributed by atoms with Gasteiger partial charge in [0.1, 0.15) is 5.75 Å². The van der Waals surface area contributed by atoms with Gasteiger partial charge in [0, 0.05) is 16.3 Å². The molecule has 0 saturated carbocycles. The second-order valence-corrected chi connectivity index (χ2v) is 6.71. The largest absolute Gasteiger partial charge is 0.506 e. The molecule has 1 aliphatic rings. The summed E-state index contributed by atoms with van der Waals surface area (Å²) in [5.74, 6) is -0.610. The van der Waals surface area contributed by atoms with Crippen LogP contribution in [0.25, 0.3) is 21.8 Å². The SMILES string of the molecule is C[NH2+]CCN1C(=O)c2cc(C)c3[nH]c4cc(Cl)c(O)cc4c3c2C1=O. The number of likely N-dealkylation sites (N-methyl/N-ethyl adjacent to an activating group) is 1. The highest BCUT2D eigenvalue weighted by molar-refractivity contribution is 6.34. The zero-order valence-electron chi connectivity index (χ0n) is 13.8. The third kappa shape index (κ3) is 2.14. The highest BCUT2D eigenvalue weighted by atomic mass is 35.5. The molecular weight excluding hydrogens is 342 g/mol. The normalized spacial score (nSPS) is 14.1. The lowest BCUT2D eigenvalue weighted by atomic mass is 9.99. The topological polar surface area (TPSA) is 90.0 Å². The lowest BCUT2D eigenvalue weighted by molar-refractivity contribution is -0.625. The Labute approximate surface area is 148 Å². The van der Waals surface area contributed by atoms with E-state index in [2.05, 4.69) is 4.98 Å². The molecule has 2 heterocycles. The zero-order valence-corrected chi connectivity index (χ0v) is 14.6. The van der Waals surface area contributed by atoms with Crippen molar-refractivity contribution in [3.8, 4) is 5.75 Å². The van der Waals surface area contributed by atoms with E-state index >= 15 is 0 Å². The number of carbonyl (C=O) groups is 2. The lowest BCUT2D eigenvalue weighted by Crippen LogP contribution is -2.81. The first-order valence-corrected chi connectivity index (χ1v) is 8.43. The van der Waals surface area contributed by atoms with Crippen molar-refractivity contribution < 1.29 is 20.0 Å². The average molecular weight is 359 g/mol. The van der Waals surface area contributed by atoms with E-state index in [1.54, 1.807) is 12.1 Å². The maximum atomic E-state index is 12.9. The number of nitrogens with zero attached hydrogens (tertiary/aromatic N) is 1. The fraction of sp³-hybridized carbons (Fsp3) is 0.222.